The lowest BCUT2D eigenvalue weighted by Crippen LogP contribution is -2.30. The summed E-state index contributed by atoms with van der Waals surface area (Å²) in [6, 6.07) is 4.08. The second kappa shape index (κ2) is 15.0. The van der Waals surface area contributed by atoms with Gasteiger partial charge in [-0.25, -0.2) is 13.4 Å². The highest BCUT2D eigenvalue weighted by Crippen LogP contribution is 2.38. The minimum Gasteiger partial charge on any atom is -0.489 e. The van der Waals surface area contributed by atoms with Crippen molar-refractivity contribution < 1.29 is 13.2 Å². The Morgan fingerprint density at radius 1 is 1.24 bits per heavy atom. The summed E-state index contributed by atoms with van der Waals surface area (Å²) in [5.41, 5.74) is 3.35. The molecule has 1 heterocycles. The van der Waals surface area contributed by atoms with Crippen molar-refractivity contribution in [1.29, 1.82) is 0 Å². The van der Waals surface area contributed by atoms with Gasteiger partial charge in [-0.3, -0.25) is 4.99 Å². The molecule has 0 bridgehead atoms. The second-order valence-electron chi connectivity index (χ2n) is 9.78. The van der Waals surface area contributed by atoms with Gasteiger partial charge in [0.1, 0.15) is 16.5 Å². The average Bonchev–Trinajstić information content (AvgIpc) is 2.85. The first-order chi connectivity index (χ1) is 18.0. The van der Waals surface area contributed by atoms with E-state index in [0.717, 1.165) is 31.5 Å². The molecule has 0 amide bonds. The lowest BCUT2D eigenvalue weighted by molar-refractivity contribution is 0.243. The summed E-state index contributed by atoms with van der Waals surface area (Å²) >= 11 is 6.56. The van der Waals surface area contributed by atoms with Gasteiger partial charge in [-0.2, -0.15) is 0 Å². The average molecular weight is 561 g/mol. The maximum absolute atomic E-state index is 12.8. The minimum atomic E-state index is -3.41. The van der Waals surface area contributed by atoms with Gasteiger partial charge < -0.3 is 15.4 Å². The number of aliphatic imine (C=N–C) groups is 2. The molecule has 2 N–H and O–H groups in total. The summed E-state index contributed by atoms with van der Waals surface area (Å²) in [5.74, 6) is 1.10. The summed E-state index contributed by atoms with van der Waals surface area (Å²) in [5, 5.41) is 6.18. The zero-order valence-electron chi connectivity index (χ0n) is 23.1. The number of hydrogen-bond acceptors (Lipinski definition) is 6. The van der Waals surface area contributed by atoms with E-state index in [-0.39, 0.29) is 22.7 Å². The third-order valence-corrected chi connectivity index (χ3v) is 8.48. The Hall–Kier alpha value is -2.68. The molecule has 0 aromatic heterocycles. The maximum atomic E-state index is 12.8. The fourth-order valence-corrected chi connectivity index (χ4v) is 5.11. The molecular weight excluding hydrogens is 520 g/mol. The number of hydrogen-bond donors (Lipinski definition) is 2. The maximum Gasteiger partial charge on any atom is 0.158 e. The number of piperidine rings is 1. The smallest absolute Gasteiger partial charge is 0.158 e. The first kappa shape index (κ1) is 31.5. The Kier molecular flexibility index (Phi) is 12.5. The van der Waals surface area contributed by atoms with Gasteiger partial charge in [0, 0.05) is 11.9 Å². The van der Waals surface area contributed by atoms with Crippen molar-refractivity contribution >= 4 is 39.7 Å². The van der Waals surface area contributed by atoms with Crippen LogP contribution in [0.1, 0.15) is 57.6 Å². The number of sulfone groups is 1. The van der Waals surface area contributed by atoms with Crippen molar-refractivity contribution in [3.63, 3.8) is 0 Å². The zero-order valence-corrected chi connectivity index (χ0v) is 24.7. The van der Waals surface area contributed by atoms with E-state index in [2.05, 4.69) is 41.9 Å². The summed E-state index contributed by atoms with van der Waals surface area (Å²) in [7, 11) is -3.41. The molecule has 0 radical (unpaired) electrons. The van der Waals surface area contributed by atoms with Crippen molar-refractivity contribution in [2.24, 2.45) is 9.98 Å². The highest BCUT2D eigenvalue weighted by molar-refractivity contribution is 7.92. The molecule has 1 fully saturated rings. The van der Waals surface area contributed by atoms with E-state index in [0.29, 0.717) is 23.1 Å². The molecule has 0 atom stereocenters. The van der Waals surface area contributed by atoms with Crippen LogP contribution < -0.4 is 15.4 Å². The molecule has 2 rings (SSSR count). The fraction of sp³-hybridized carbons (Fsp3) is 0.448. The van der Waals surface area contributed by atoms with Crippen LogP contribution in [0.2, 0.25) is 0 Å². The third-order valence-electron chi connectivity index (χ3n) is 6.05. The Morgan fingerprint density at radius 2 is 1.92 bits per heavy atom. The Morgan fingerprint density at radius 3 is 2.50 bits per heavy atom. The molecule has 0 unspecified atom stereocenters. The van der Waals surface area contributed by atoms with Gasteiger partial charge in [-0.15, -0.1) is 0 Å². The molecule has 1 saturated heterocycles. The molecule has 1 aromatic rings. The Bertz CT molecular complexity index is 1210. The monoisotopic (exact) mass is 560 g/mol. The number of amidine groups is 1. The van der Waals surface area contributed by atoms with Crippen LogP contribution in [-0.2, 0) is 9.84 Å². The second-order valence-corrected chi connectivity index (χ2v) is 12.7. The van der Waals surface area contributed by atoms with Crippen LogP contribution in [0.5, 0.6) is 5.75 Å². The van der Waals surface area contributed by atoms with Gasteiger partial charge in [0.25, 0.3) is 0 Å². The number of benzene rings is 1. The fourth-order valence-electron chi connectivity index (χ4n) is 4.01. The number of nitrogens with zero attached hydrogens (tertiary/aromatic N) is 2. The lowest BCUT2D eigenvalue weighted by Gasteiger charge is -2.26. The normalized spacial score (nSPS) is 16.4. The number of allylic oxidation sites excluding steroid dienone is 4. The van der Waals surface area contributed by atoms with Gasteiger partial charge >= 0.3 is 0 Å². The number of rotatable bonds is 12. The van der Waals surface area contributed by atoms with Crippen LogP contribution in [-0.4, -0.2) is 51.2 Å². The highest BCUT2D eigenvalue weighted by atomic mass is 35.5. The molecular formula is C29H41ClN4O3S. The van der Waals surface area contributed by atoms with Gasteiger partial charge in [-0.1, -0.05) is 36.4 Å². The van der Waals surface area contributed by atoms with E-state index < -0.39 is 15.1 Å². The quantitative estimate of drug-likeness (QED) is 0.183. The van der Waals surface area contributed by atoms with E-state index in [1.54, 1.807) is 38.2 Å². The van der Waals surface area contributed by atoms with Crippen molar-refractivity contribution in [1.82, 2.24) is 10.6 Å². The SMILES string of the molecule is C=C/C=C\C=C(/CS(=O)(=O)C(C)C)NC(=Nc1cc(C)c(C2CCNCC2)cc1OC(C)C)/C(Cl)=C\N=C. The Balaban J connectivity index is 2.63. The molecule has 1 aliphatic rings. The summed E-state index contributed by atoms with van der Waals surface area (Å²) in [6.07, 6.45) is 10.1. The number of nitrogens with one attached hydrogen (secondary N) is 2. The molecule has 38 heavy (non-hydrogen) atoms. The molecule has 9 heteroatoms. The van der Waals surface area contributed by atoms with Crippen LogP contribution >= 0.6 is 11.6 Å². The van der Waals surface area contributed by atoms with E-state index in [9.17, 15) is 8.42 Å². The highest BCUT2D eigenvalue weighted by Gasteiger charge is 2.22. The number of aryl methyl sites for hydroxylation is 1. The van der Waals surface area contributed by atoms with Gasteiger partial charge in [-0.05, 0) is 103 Å². The third kappa shape index (κ3) is 9.57. The zero-order chi connectivity index (χ0) is 28.3. The molecule has 0 aliphatic carbocycles. The molecule has 1 aliphatic heterocycles. The largest absolute Gasteiger partial charge is 0.489 e. The lowest BCUT2D eigenvalue weighted by atomic mass is 9.87. The Labute approximate surface area is 233 Å². The summed E-state index contributed by atoms with van der Waals surface area (Å²) in [4.78, 5) is 8.60. The van der Waals surface area contributed by atoms with E-state index in [4.69, 9.17) is 21.3 Å². The predicted molar refractivity (Wildman–Crippen MR) is 162 cm³/mol. The number of ether oxygens (including phenoxy) is 1. The first-order valence-electron chi connectivity index (χ1n) is 12.9. The van der Waals surface area contributed by atoms with Crippen molar-refractivity contribution in [2.75, 3.05) is 18.8 Å². The van der Waals surface area contributed by atoms with Gasteiger partial charge in [0.2, 0.25) is 0 Å². The van der Waals surface area contributed by atoms with Crippen LogP contribution in [0.15, 0.2) is 69.9 Å². The molecule has 0 saturated carbocycles. The first-order valence-corrected chi connectivity index (χ1v) is 15.0. The van der Waals surface area contributed by atoms with Crippen molar-refractivity contribution in [3.05, 3.63) is 71.1 Å². The van der Waals surface area contributed by atoms with Crippen molar-refractivity contribution in [2.45, 2.75) is 64.7 Å². The van der Waals surface area contributed by atoms with Crippen LogP contribution in [0.3, 0.4) is 0 Å². The summed E-state index contributed by atoms with van der Waals surface area (Å²) < 4.78 is 31.7. The summed E-state index contributed by atoms with van der Waals surface area (Å²) in [6.45, 7) is 18.4. The molecule has 7 nitrogen and oxygen atoms in total. The van der Waals surface area contributed by atoms with Crippen LogP contribution in [0.25, 0.3) is 0 Å². The van der Waals surface area contributed by atoms with Gasteiger partial charge in [0.15, 0.2) is 15.7 Å². The van der Waals surface area contributed by atoms with Crippen LogP contribution in [0.4, 0.5) is 5.69 Å². The predicted octanol–water partition coefficient (Wildman–Crippen LogP) is 6.10. The van der Waals surface area contributed by atoms with E-state index in [1.165, 1.54) is 11.8 Å². The number of halogens is 1. The van der Waals surface area contributed by atoms with Gasteiger partial charge in [0.05, 0.1) is 17.1 Å². The molecule has 1 aromatic carbocycles. The molecule has 208 valence electrons. The van der Waals surface area contributed by atoms with E-state index in [1.807, 2.05) is 19.9 Å². The van der Waals surface area contributed by atoms with E-state index >= 15 is 0 Å². The molecule has 0 spiro atoms. The van der Waals surface area contributed by atoms with Crippen LogP contribution in [0, 0.1) is 6.92 Å². The standard InChI is InChI=1S/C29H41ClN4O3S/c1-8-9-10-11-24(19-38(35,36)21(4)5)33-29(26(30)18-31-7)34-27-16-22(6)25(17-28(27)37-20(2)3)23-12-14-32-15-13-23/h8-11,16-18,20-21,23,32H,1,7,12-15,19H2,2-6H3,(H,33,34)/b10-9-,24-11+,26-18+. The van der Waals surface area contributed by atoms with Crippen molar-refractivity contribution in [3.8, 4) is 5.75 Å². The minimum absolute atomic E-state index is 0.0690. The topological polar surface area (TPSA) is 92.2 Å².